The Morgan fingerprint density at radius 2 is 1.41 bits per heavy atom. The zero-order chi connectivity index (χ0) is 24.4. The van der Waals surface area contributed by atoms with E-state index in [0.717, 1.165) is 37.2 Å². The second-order valence-electron chi connectivity index (χ2n) is 9.32. The molecule has 0 saturated heterocycles. The molecule has 0 bridgehead atoms. The summed E-state index contributed by atoms with van der Waals surface area (Å²) in [5.41, 5.74) is 0.904. The second kappa shape index (κ2) is 17.1. The summed E-state index contributed by atoms with van der Waals surface area (Å²) in [5.74, 6) is 2.13. The Hall–Kier alpha value is -2.43. The molecule has 2 aromatic rings. The van der Waals surface area contributed by atoms with Gasteiger partial charge in [-0.2, -0.15) is 0 Å². The number of benzene rings is 1. The van der Waals surface area contributed by atoms with Crippen molar-refractivity contribution in [3.63, 3.8) is 0 Å². The van der Waals surface area contributed by atoms with E-state index in [9.17, 15) is 4.79 Å². The van der Waals surface area contributed by atoms with Crippen LogP contribution in [0.25, 0.3) is 11.4 Å². The lowest BCUT2D eigenvalue weighted by atomic mass is 10.0. The van der Waals surface area contributed by atoms with Crippen LogP contribution in [0.5, 0.6) is 11.5 Å². The van der Waals surface area contributed by atoms with Crippen LogP contribution >= 0.6 is 0 Å². The number of nitrogens with zero attached hydrogens (tertiary/aromatic N) is 2. The third kappa shape index (κ3) is 11.6. The average Bonchev–Trinajstić information content (AvgIpc) is 2.86. The van der Waals surface area contributed by atoms with Crippen LogP contribution in [0.2, 0.25) is 0 Å². The third-order valence-corrected chi connectivity index (χ3v) is 6.28. The minimum atomic E-state index is -0.236. The Morgan fingerprint density at radius 1 is 0.824 bits per heavy atom. The number of hydrogen-bond acceptors (Lipinski definition) is 5. The molecule has 0 saturated carbocycles. The number of ether oxygens (including phenoxy) is 2. The van der Waals surface area contributed by atoms with E-state index in [4.69, 9.17) is 9.47 Å². The van der Waals surface area contributed by atoms with Crippen molar-refractivity contribution >= 4 is 5.97 Å². The number of hydrogen-bond donors (Lipinski definition) is 0. The topological polar surface area (TPSA) is 61.3 Å². The molecule has 1 atom stereocenters. The quantitative estimate of drug-likeness (QED) is 0.163. The summed E-state index contributed by atoms with van der Waals surface area (Å²) in [6.45, 7) is 7.28. The maximum absolute atomic E-state index is 12.0. The number of rotatable bonds is 18. The van der Waals surface area contributed by atoms with E-state index in [-0.39, 0.29) is 5.97 Å². The van der Waals surface area contributed by atoms with Gasteiger partial charge in [0.25, 0.3) is 0 Å². The third-order valence-electron chi connectivity index (χ3n) is 6.28. The molecule has 2 rings (SSSR count). The Labute approximate surface area is 206 Å². The molecule has 188 valence electrons. The first kappa shape index (κ1) is 27.8. The highest BCUT2D eigenvalue weighted by atomic mass is 16.5. The van der Waals surface area contributed by atoms with Gasteiger partial charge in [-0.05, 0) is 43.0 Å². The lowest BCUT2D eigenvalue weighted by Gasteiger charge is -2.08. The normalized spacial score (nSPS) is 11.9. The van der Waals surface area contributed by atoms with Crippen molar-refractivity contribution in [1.82, 2.24) is 9.97 Å². The van der Waals surface area contributed by atoms with Crippen molar-refractivity contribution in [3.8, 4) is 22.9 Å². The second-order valence-corrected chi connectivity index (χ2v) is 9.32. The van der Waals surface area contributed by atoms with Crippen LogP contribution in [0.15, 0.2) is 36.7 Å². The van der Waals surface area contributed by atoms with Gasteiger partial charge in [-0.25, -0.2) is 9.97 Å². The summed E-state index contributed by atoms with van der Waals surface area (Å²) in [6.07, 6.45) is 18.7. The van der Waals surface area contributed by atoms with Crippen molar-refractivity contribution in [2.24, 2.45) is 5.92 Å². The van der Waals surface area contributed by atoms with Gasteiger partial charge in [-0.3, -0.25) is 4.79 Å². The molecule has 5 nitrogen and oxygen atoms in total. The van der Waals surface area contributed by atoms with Crippen LogP contribution in [-0.4, -0.2) is 22.5 Å². The first-order valence-electron chi connectivity index (χ1n) is 13.4. The van der Waals surface area contributed by atoms with Gasteiger partial charge in [0.2, 0.25) is 0 Å². The minimum absolute atomic E-state index is 0.236. The number of carbonyl (C=O) groups is 1. The monoisotopic (exact) mass is 468 g/mol. The smallest absolute Gasteiger partial charge is 0.311 e. The number of unbranched alkanes of at least 4 members (excludes halogenated alkanes) is 9. The van der Waals surface area contributed by atoms with Gasteiger partial charge in [-0.1, -0.05) is 85.0 Å². The van der Waals surface area contributed by atoms with Crippen molar-refractivity contribution in [2.75, 3.05) is 6.61 Å². The number of aromatic nitrogens is 2. The molecular formula is C29H44N2O3. The van der Waals surface area contributed by atoms with E-state index >= 15 is 0 Å². The molecule has 34 heavy (non-hydrogen) atoms. The van der Waals surface area contributed by atoms with E-state index in [1.54, 1.807) is 12.4 Å². The lowest BCUT2D eigenvalue weighted by molar-refractivity contribution is -0.134. The molecule has 1 aromatic heterocycles. The van der Waals surface area contributed by atoms with Crippen molar-refractivity contribution < 1.29 is 14.3 Å². The molecule has 1 aromatic carbocycles. The Bertz CT molecular complexity index is 790. The molecule has 0 amide bonds. The van der Waals surface area contributed by atoms with Crippen molar-refractivity contribution in [1.29, 1.82) is 0 Å². The minimum Gasteiger partial charge on any atom is -0.494 e. The average molecular weight is 469 g/mol. The summed E-state index contributed by atoms with van der Waals surface area (Å²) >= 11 is 0. The van der Waals surface area contributed by atoms with Crippen LogP contribution in [0.1, 0.15) is 104 Å². The maximum atomic E-state index is 12.0. The van der Waals surface area contributed by atoms with Gasteiger partial charge in [0.15, 0.2) is 11.6 Å². The van der Waals surface area contributed by atoms with Gasteiger partial charge in [0.05, 0.1) is 19.0 Å². The fraction of sp³-hybridized carbons (Fsp3) is 0.621. The Balaban J connectivity index is 1.63. The lowest BCUT2D eigenvalue weighted by Crippen LogP contribution is -2.10. The summed E-state index contributed by atoms with van der Waals surface area (Å²) in [5, 5.41) is 0. The molecule has 0 aliphatic carbocycles. The molecule has 0 aliphatic rings. The van der Waals surface area contributed by atoms with Gasteiger partial charge in [-0.15, -0.1) is 0 Å². The molecule has 0 radical (unpaired) electrons. The molecule has 1 heterocycles. The van der Waals surface area contributed by atoms with Gasteiger partial charge >= 0.3 is 5.97 Å². The van der Waals surface area contributed by atoms with Crippen LogP contribution < -0.4 is 9.47 Å². The van der Waals surface area contributed by atoms with E-state index in [1.165, 1.54) is 57.8 Å². The molecular weight excluding hydrogens is 424 g/mol. The van der Waals surface area contributed by atoms with E-state index in [1.807, 2.05) is 24.3 Å². The van der Waals surface area contributed by atoms with Crippen molar-refractivity contribution in [3.05, 3.63) is 36.7 Å². The molecule has 0 N–H and O–H groups in total. The molecule has 5 heteroatoms. The first-order valence-corrected chi connectivity index (χ1v) is 13.4. The maximum Gasteiger partial charge on any atom is 0.311 e. The standard InChI is InChI=1S/C29H44N2O3/c1-4-6-7-8-9-10-11-12-13-14-21-33-26-18-16-25(17-19-26)29-30-22-27(23-31-29)34-28(32)20-15-24(3)5-2/h16-19,22-24H,4-15,20-21H2,1-3H3. The highest BCUT2D eigenvalue weighted by Crippen LogP contribution is 2.21. The first-order chi connectivity index (χ1) is 16.6. The fourth-order valence-electron chi connectivity index (χ4n) is 3.75. The number of carbonyl (C=O) groups excluding carboxylic acids is 1. The fourth-order valence-corrected chi connectivity index (χ4v) is 3.75. The van der Waals surface area contributed by atoms with Gasteiger partial charge in [0.1, 0.15) is 5.75 Å². The molecule has 0 aliphatic heterocycles. The van der Waals surface area contributed by atoms with E-state index in [2.05, 4.69) is 30.7 Å². The van der Waals surface area contributed by atoms with Crippen molar-refractivity contribution in [2.45, 2.75) is 104 Å². The SMILES string of the molecule is CCCCCCCCCCCCOc1ccc(-c2ncc(OC(=O)CCC(C)CC)cn2)cc1. The summed E-state index contributed by atoms with van der Waals surface area (Å²) in [4.78, 5) is 20.6. The zero-order valence-corrected chi connectivity index (χ0v) is 21.6. The molecule has 0 fully saturated rings. The number of esters is 1. The molecule has 1 unspecified atom stereocenters. The van der Waals surface area contributed by atoms with Gasteiger partial charge in [0, 0.05) is 12.0 Å². The predicted octanol–water partition coefficient (Wildman–Crippen LogP) is 8.18. The largest absolute Gasteiger partial charge is 0.494 e. The summed E-state index contributed by atoms with van der Waals surface area (Å²) in [7, 11) is 0. The zero-order valence-electron chi connectivity index (χ0n) is 21.6. The highest BCUT2D eigenvalue weighted by Gasteiger charge is 2.09. The Kier molecular flexibility index (Phi) is 14.0. The van der Waals surface area contributed by atoms with Crippen LogP contribution in [0.4, 0.5) is 0 Å². The van der Waals surface area contributed by atoms with Crippen LogP contribution in [0.3, 0.4) is 0 Å². The van der Waals surface area contributed by atoms with E-state index < -0.39 is 0 Å². The van der Waals surface area contributed by atoms with Crippen LogP contribution in [0, 0.1) is 5.92 Å². The summed E-state index contributed by atoms with van der Waals surface area (Å²) < 4.78 is 11.2. The highest BCUT2D eigenvalue weighted by molar-refractivity contribution is 5.72. The summed E-state index contributed by atoms with van der Waals surface area (Å²) in [6, 6.07) is 7.83. The van der Waals surface area contributed by atoms with Crippen LogP contribution in [-0.2, 0) is 4.79 Å². The van der Waals surface area contributed by atoms with E-state index in [0.29, 0.717) is 23.9 Å². The Morgan fingerprint density at radius 3 is 2.00 bits per heavy atom. The predicted molar refractivity (Wildman–Crippen MR) is 139 cm³/mol. The van der Waals surface area contributed by atoms with Gasteiger partial charge < -0.3 is 9.47 Å². The molecule has 0 spiro atoms.